The van der Waals surface area contributed by atoms with Crippen LogP contribution >= 0.6 is 0 Å². The van der Waals surface area contributed by atoms with E-state index in [0.717, 1.165) is 0 Å². The first-order chi connectivity index (χ1) is 2.94. The third-order valence-corrected chi connectivity index (χ3v) is 1.26. The summed E-state index contributed by atoms with van der Waals surface area (Å²) >= 11 is -6.75. The van der Waals surface area contributed by atoms with E-state index in [1.807, 2.05) is 0 Å². The van der Waals surface area contributed by atoms with Crippen LogP contribution in [0.3, 0.4) is 0 Å². The number of rotatable bonds is 1. The first-order valence-electron chi connectivity index (χ1n) is 1.24. The van der Waals surface area contributed by atoms with Gasteiger partial charge in [0.2, 0.25) is 0 Å². The molecular weight excluding hydrogens is 176 g/mol. The standard InChI is InChI=1S/CH2AsF3O2/c3-2(4,5)1(6)7/h2H,(H,6,7). The number of carboxylic acid groups (broad SMARTS) is 1. The molecular formula is CH2AsF3O2. The Morgan fingerprint density at radius 2 is 1.57 bits per heavy atom. The molecule has 0 heterocycles. The fourth-order valence-electron chi connectivity index (χ4n) is 0. The maximum absolute atomic E-state index is 10.8. The van der Waals surface area contributed by atoms with Crippen molar-refractivity contribution in [3.63, 3.8) is 0 Å². The molecule has 0 radical (unpaired) electrons. The summed E-state index contributed by atoms with van der Waals surface area (Å²) in [6.45, 7) is 0. The van der Waals surface area contributed by atoms with Gasteiger partial charge < -0.3 is 0 Å². The topological polar surface area (TPSA) is 37.3 Å². The summed E-state index contributed by atoms with van der Waals surface area (Å²) in [6.07, 6.45) is 0. The molecule has 0 bridgehead atoms. The summed E-state index contributed by atoms with van der Waals surface area (Å²) in [5, 5.41) is 7.21. The Morgan fingerprint density at radius 3 is 1.57 bits per heavy atom. The number of halogens is 3. The van der Waals surface area contributed by atoms with Crippen LogP contribution in [0.25, 0.3) is 0 Å². The Kier molecular flexibility index (Phi) is 1.69. The van der Waals surface area contributed by atoms with Gasteiger partial charge >= 0.3 is 40.0 Å². The molecule has 0 aromatic carbocycles. The molecule has 0 atom stereocenters. The van der Waals surface area contributed by atoms with Gasteiger partial charge in [-0.1, -0.05) is 0 Å². The summed E-state index contributed by atoms with van der Waals surface area (Å²) in [5.41, 5.74) is 0. The van der Waals surface area contributed by atoms with Crippen LogP contribution < -0.4 is 0 Å². The molecule has 1 N–H and O–H groups in total. The van der Waals surface area contributed by atoms with Gasteiger partial charge in [0, 0.05) is 0 Å². The molecule has 0 aliphatic carbocycles. The van der Waals surface area contributed by atoms with Crippen molar-refractivity contribution in [3.05, 3.63) is 0 Å². The van der Waals surface area contributed by atoms with Gasteiger partial charge in [0.15, 0.2) is 0 Å². The monoisotopic (exact) mass is 178 g/mol. The molecule has 44 valence electrons. The van der Waals surface area contributed by atoms with Crippen LogP contribution in [-0.4, -0.2) is 24.8 Å². The van der Waals surface area contributed by atoms with E-state index in [1.54, 1.807) is 0 Å². The van der Waals surface area contributed by atoms with Gasteiger partial charge in [-0.3, -0.25) is 0 Å². The summed E-state index contributed by atoms with van der Waals surface area (Å²) < 4.78 is 29.7. The van der Waals surface area contributed by atoms with E-state index in [4.69, 9.17) is 9.90 Å². The first-order valence-corrected chi connectivity index (χ1v) is 4.67. The minimum atomic E-state index is -6.75. The molecule has 0 fully saturated rings. The molecule has 0 aliphatic rings. The summed E-state index contributed by atoms with van der Waals surface area (Å²) in [4.78, 5) is 8.98. The van der Waals surface area contributed by atoms with E-state index in [-0.39, 0.29) is 0 Å². The van der Waals surface area contributed by atoms with Crippen molar-refractivity contribution < 1.29 is 20.3 Å². The van der Waals surface area contributed by atoms with Crippen LogP contribution in [0.4, 0.5) is 15.2 Å². The second-order valence-corrected chi connectivity index (χ2v) is 3.79. The number of hydrogen-bond acceptors (Lipinski definition) is 1. The molecule has 7 heavy (non-hydrogen) atoms. The van der Waals surface area contributed by atoms with Crippen molar-refractivity contribution in [2.24, 2.45) is 0 Å². The zero-order valence-corrected chi connectivity index (χ0v) is 5.09. The van der Waals surface area contributed by atoms with Crippen molar-refractivity contribution in [2.45, 2.75) is 0 Å². The molecule has 0 rings (SSSR count). The summed E-state index contributed by atoms with van der Waals surface area (Å²) in [5.74, 6) is 0. The van der Waals surface area contributed by atoms with E-state index in [0.29, 0.717) is 0 Å². The Labute approximate surface area is 40.9 Å². The van der Waals surface area contributed by atoms with Crippen molar-refractivity contribution in [1.29, 1.82) is 0 Å². The van der Waals surface area contributed by atoms with Gasteiger partial charge in [-0.05, 0) is 0 Å². The predicted molar refractivity (Wildman–Crippen MR) is 18.5 cm³/mol. The molecule has 6 heteroatoms. The van der Waals surface area contributed by atoms with E-state index >= 15 is 0 Å². The van der Waals surface area contributed by atoms with Crippen LogP contribution in [0.15, 0.2) is 0 Å². The molecule has 0 aliphatic heterocycles. The van der Waals surface area contributed by atoms with Gasteiger partial charge in [-0.2, -0.15) is 0 Å². The van der Waals surface area contributed by atoms with Crippen molar-refractivity contribution >= 4 is 19.7 Å². The zero-order chi connectivity index (χ0) is 6.08. The molecule has 0 unspecified atom stereocenters. The van der Waals surface area contributed by atoms with Gasteiger partial charge in [0.1, 0.15) is 0 Å². The van der Waals surface area contributed by atoms with Crippen LogP contribution in [0.5, 0.6) is 0 Å². The van der Waals surface area contributed by atoms with Gasteiger partial charge in [-0.15, -0.1) is 0 Å². The Hall–Kier alpha value is -0.182. The molecule has 0 spiro atoms. The summed E-state index contributed by atoms with van der Waals surface area (Å²) in [6, 6.07) is 0. The van der Waals surface area contributed by atoms with Crippen LogP contribution in [-0.2, 0) is 0 Å². The second-order valence-electron chi connectivity index (χ2n) is 0.803. The van der Waals surface area contributed by atoms with E-state index < -0.39 is 19.7 Å². The Morgan fingerprint density at radius 1 is 1.43 bits per heavy atom. The second kappa shape index (κ2) is 1.74. The third-order valence-electron chi connectivity index (χ3n) is 0.243. The van der Waals surface area contributed by atoms with Crippen molar-refractivity contribution in [3.8, 4) is 0 Å². The fraction of sp³-hybridized carbons (Fsp3) is 0. The van der Waals surface area contributed by atoms with E-state index in [1.165, 1.54) is 0 Å². The van der Waals surface area contributed by atoms with Gasteiger partial charge in [-0.25, -0.2) is 0 Å². The maximum atomic E-state index is 10.8. The number of carbonyl (C=O) groups is 1. The fourth-order valence-corrected chi connectivity index (χ4v) is 0. The predicted octanol–water partition coefficient (Wildman–Crippen LogP) is 0.826. The molecule has 0 aromatic heterocycles. The van der Waals surface area contributed by atoms with Crippen molar-refractivity contribution in [1.82, 2.24) is 0 Å². The number of hydrogen-bond donors (Lipinski definition) is 1. The molecule has 0 amide bonds. The summed E-state index contributed by atoms with van der Waals surface area (Å²) in [7, 11) is 0. The third kappa shape index (κ3) is 2.51. The normalized spacial score (nSPS) is 13.6. The average molecular weight is 178 g/mol. The van der Waals surface area contributed by atoms with Gasteiger partial charge in [0.25, 0.3) is 0 Å². The van der Waals surface area contributed by atoms with Crippen LogP contribution in [0, 0.1) is 0 Å². The molecule has 2 nitrogen and oxygen atoms in total. The molecule has 0 aromatic rings. The van der Waals surface area contributed by atoms with Crippen LogP contribution in [0.1, 0.15) is 0 Å². The SMILES string of the molecule is O=C(O)[AsH](F)(F)F. The Bertz CT molecular complexity index is 85.4. The van der Waals surface area contributed by atoms with E-state index in [2.05, 4.69) is 0 Å². The van der Waals surface area contributed by atoms with Gasteiger partial charge in [0.05, 0.1) is 0 Å². The minimum absolute atomic E-state index is 2.57. The molecule has 0 saturated carbocycles. The van der Waals surface area contributed by atoms with E-state index in [9.17, 15) is 10.4 Å². The zero-order valence-electron chi connectivity index (χ0n) is 2.99. The van der Waals surface area contributed by atoms with Crippen molar-refractivity contribution in [2.75, 3.05) is 0 Å². The molecule has 0 saturated heterocycles. The average Bonchev–Trinajstić information content (AvgIpc) is 1.31. The Balaban J connectivity index is 3.79. The van der Waals surface area contributed by atoms with Crippen LogP contribution in [0.2, 0.25) is 0 Å². The quantitative estimate of drug-likeness (QED) is 0.603. The first kappa shape index (κ1) is 6.82.